The minimum absolute atomic E-state index is 0. The Kier molecular flexibility index (Phi) is 31.0. The van der Waals surface area contributed by atoms with Crippen LogP contribution in [0.5, 0.6) is 0 Å². The predicted octanol–water partition coefficient (Wildman–Crippen LogP) is 7.54. The van der Waals surface area contributed by atoms with Crippen molar-refractivity contribution < 1.29 is 108 Å². The van der Waals surface area contributed by atoms with Crippen LogP contribution in [0.25, 0.3) is 43.1 Å². The van der Waals surface area contributed by atoms with E-state index in [1.54, 1.807) is 60.7 Å². The first-order valence-corrected chi connectivity index (χ1v) is 33.2. The predicted molar refractivity (Wildman–Crippen MR) is 357 cm³/mol. The maximum atomic E-state index is 13.0. The summed E-state index contributed by atoms with van der Waals surface area (Å²) in [7, 11) is -8.17. The molecular formula is C65H66F6N10O15S4. The van der Waals surface area contributed by atoms with E-state index < -0.39 is 74.2 Å². The molecule has 0 fully saturated rings. The molecule has 6 aromatic carbocycles. The molecule has 10 rings (SSSR count). The number of sulfonamides is 2. The molecule has 25 nitrogen and oxygen atoms in total. The number of benzene rings is 6. The van der Waals surface area contributed by atoms with Gasteiger partial charge in [0, 0.05) is 37.8 Å². The Bertz CT molecular complexity index is 4550. The van der Waals surface area contributed by atoms with E-state index in [-0.39, 0.29) is 28.8 Å². The molecule has 2 amide bonds. The summed E-state index contributed by atoms with van der Waals surface area (Å²) in [4.78, 5) is 71.5. The van der Waals surface area contributed by atoms with Crippen LogP contribution in [0.1, 0.15) is 68.5 Å². The molecule has 4 aromatic heterocycles. The Labute approximate surface area is 575 Å². The zero-order valence-electron chi connectivity index (χ0n) is 52.2. The fourth-order valence-corrected chi connectivity index (χ4v) is 11.6. The number of anilines is 2. The number of aliphatic carboxylic acids is 3. The van der Waals surface area contributed by atoms with Crippen molar-refractivity contribution in [3.05, 3.63) is 205 Å². The van der Waals surface area contributed by atoms with Crippen molar-refractivity contribution in [3.63, 3.8) is 0 Å². The molecule has 0 aliphatic heterocycles. The number of hydrogen-bond donors (Lipinski definition) is 8. The Hall–Kier alpha value is -10.7. The number of hydrazine groups is 1. The smallest absolute Gasteiger partial charge is 0.430 e. The molecule has 0 aliphatic rings. The Morgan fingerprint density at radius 2 is 0.920 bits per heavy atom. The number of ketones is 1. The quantitative estimate of drug-likeness (QED) is 0.0127. The van der Waals surface area contributed by atoms with Crippen LogP contribution in [0, 0.1) is 0 Å². The standard InChI is InChI=1S/C29H27N5O4S2.C22H22N2O5S.C7H7N3S.2C2HF3O2.C2H4O2.CH4/c1-19(32-33-29-31-24-12-5-6-13-27(24)39-29)25-16-17-26(38-25)21-10-7-11-22(18-21)40(36,37)34-28(35)23(30)15-14-20-8-3-2-4-9-20;1-15(25)20-12-13-21(29-20)17-8-5-9-18(14-17)30(27,28)24-22(26)19(23)11-10-16-6-3-2-4-7-16;8-10-7-9-5-3-1-2-4-6(5)11-7;2*3-2(4,5)1(6)7;1-2(3)4;/h2-13,16-18,23H,14-15,30H2,1H3,(H,31,33)(H,34,35);2-9,12-14,19H,10-11,23H2,1H3,(H,24,26);1-4H,8H2,(H,9,10);2*(H,6,7);1H3,(H,3,4);1H4/b32-19+;;;;;;/t23-;19-;;;;;/m00...../s1. The van der Waals surface area contributed by atoms with Gasteiger partial charge >= 0.3 is 12.4 Å². The first kappa shape index (κ1) is 81.7. The van der Waals surface area contributed by atoms with Crippen LogP contribution in [-0.2, 0) is 56.9 Å². The highest BCUT2D eigenvalue weighted by molar-refractivity contribution is 7.90. The van der Waals surface area contributed by atoms with E-state index in [9.17, 15) is 57.6 Å². The number of quaternary nitrogens is 2. The van der Waals surface area contributed by atoms with E-state index in [1.807, 2.05) is 109 Å². The molecule has 0 spiro atoms. The second kappa shape index (κ2) is 37.9. The highest BCUT2D eigenvalue weighted by atomic mass is 32.2. The van der Waals surface area contributed by atoms with Crippen LogP contribution < -0.4 is 47.8 Å². The number of carbonyl (C=O) groups excluding carboxylic acids is 5. The molecule has 13 N–H and O–H groups in total. The molecule has 532 valence electrons. The number of para-hydroxylation sites is 2. The molecule has 100 heavy (non-hydrogen) atoms. The SMILES string of the molecule is C.C/C(=N\Nc1nc2ccccc2s1)c1ccc(-c2cccc(S(=O)(=O)NC(=O)[C@@H]([NH3+])CCc3ccccc3)c2)o1.CC(=O)O.CC(=O)c1ccc(-c2cccc(S(=O)(=O)NC(=O)[C@@H]([NH3+])CCc3ccccc3)c2)o1.NNc1nc2ccccc2s1.O=C([O-])C(F)(F)F.O=C([O-])C(F)(F)F. The Balaban J connectivity index is 0.000000306. The number of aryl methyl sites for hydroxylation is 2. The van der Waals surface area contributed by atoms with Crippen molar-refractivity contribution in [3.8, 4) is 22.6 Å². The number of nitrogen functional groups attached to an aromatic ring is 1. The first-order chi connectivity index (χ1) is 46.6. The number of carboxylic acids is 3. The van der Waals surface area contributed by atoms with Gasteiger partial charge in [-0.25, -0.2) is 42.1 Å². The van der Waals surface area contributed by atoms with Gasteiger partial charge in [-0.3, -0.25) is 30.0 Å². The third kappa shape index (κ3) is 26.6. The fourth-order valence-electron chi connectivity index (χ4n) is 7.83. The molecule has 0 unspecified atom stereocenters. The number of hydrogen-bond acceptors (Lipinski definition) is 22. The largest absolute Gasteiger partial charge is 0.542 e. The number of nitrogens with zero attached hydrogens (tertiary/aromatic N) is 3. The molecule has 0 saturated heterocycles. The van der Waals surface area contributed by atoms with Gasteiger partial charge < -0.3 is 45.2 Å². The van der Waals surface area contributed by atoms with E-state index in [1.165, 1.54) is 48.6 Å². The monoisotopic (exact) mass is 1470 g/mol. The maximum Gasteiger partial charge on any atom is 0.430 e. The topological polar surface area (TPSA) is 431 Å². The third-order valence-corrected chi connectivity index (χ3v) is 17.3. The van der Waals surface area contributed by atoms with E-state index in [0.29, 0.717) is 64.9 Å². The summed E-state index contributed by atoms with van der Waals surface area (Å²) in [5, 5.41) is 30.8. The Morgan fingerprint density at radius 3 is 1.29 bits per heavy atom. The van der Waals surface area contributed by atoms with Crippen LogP contribution in [0.3, 0.4) is 0 Å². The number of thiazole rings is 2. The van der Waals surface area contributed by atoms with Crippen molar-refractivity contribution in [1.29, 1.82) is 0 Å². The molecule has 4 heterocycles. The van der Waals surface area contributed by atoms with Crippen molar-refractivity contribution in [2.75, 3.05) is 10.9 Å². The number of fused-ring (bicyclic) bond motifs is 2. The highest BCUT2D eigenvalue weighted by Gasteiger charge is 2.30. The number of alkyl halides is 6. The van der Waals surface area contributed by atoms with Crippen LogP contribution >= 0.6 is 22.7 Å². The molecule has 0 aliphatic carbocycles. The number of carboxylic acid groups (broad SMARTS) is 3. The molecule has 35 heteroatoms. The van der Waals surface area contributed by atoms with Gasteiger partial charge in [-0.1, -0.05) is 139 Å². The maximum absolute atomic E-state index is 13.0. The van der Waals surface area contributed by atoms with Crippen molar-refractivity contribution in [2.45, 2.75) is 88.1 Å². The van der Waals surface area contributed by atoms with Crippen LogP contribution in [-0.4, -0.2) is 97.6 Å². The number of Topliss-reactive ketones (excluding diaryl/α,β-unsaturated/α-hetero) is 1. The summed E-state index contributed by atoms with van der Waals surface area (Å²) in [6.07, 6.45) is -8.30. The van der Waals surface area contributed by atoms with Crippen molar-refractivity contribution >= 4 is 115 Å². The lowest BCUT2D eigenvalue weighted by Gasteiger charge is -2.11. The zero-order valence-corrected chi connectivity index (χ0v) is 55.5. The molecule has 2 atom stereocenters. The number of carbonyl (C=O) groups is 6. The van der Waals surface area contributed by atoms with Gasteiger partial charge in [-0.2, -0.15) is 31.4 Å². The number of halogens is 6. The van der Waals surface area contributed by atoms with Gasteiger partial charge in [0.2, 0.25) is 5.13 Å². The minimum Gasteiger partial charge on any atom is -0.542 e. The van der Waals surface area contributed by atoms with Gasteiger partial charge in [-0.15, -0.1) is 0 Å². The Morgan fingerprint density at radius 1 is 0.560 bits per heavy atom. The highest BCUT2D eigenvalue weighted by Crippen LogP contribution is 2.29. The van der Waals surface area contributed by atoms with Crippen LogP contribution in [0.2, 0.25) is 0 Å². The van der Waals surface area contributed by atoms with Gasteiger partial charge in [0.05, 0.1) is 30.2 Å². The van der Waals surface area contributed by atoms with Crippen molar-refractivity contribution in [1.82, 2.24) is 19.4 Å². The lowest BCUT2D eigenvalue weighted by Crippen LogP contribution is -2.68. The summed E-state index contributed by atoms with van der Waals surface area (Å²) in [5.74, 6) is -1.64. The van der Waals surface area contributed by atoms with Crippen LogP contribution in [0.15, 0.2) is 206 Å². The number of nitrogens with one attached hydrogen (secondary N) is 4. The number of furan rings is 2. The van der Waals surface area contributed by atoms with E-state index in [2.05, 4.69) is 46.8 Å². The summed E-state index contributed by atoms with van der Waals surface area (Å²) in [6.45, 7) is 4.26. The average Bonchev–Trinajstić information content (AvgIpc) is 0.834. The van der Waals surface area contributed by atoms with E-state index >= 15 is 0 Å². The summed E-state index contributed by atoms with van der Waals surface area (Å²) >= 11 is 3.05. The summed E-state index contributed by atoms with van der Waals surface area (Å²) < 4.78 is 132. The average molecular weight is 1470 g/mol. The van der Waals surface area contributed by atoms with Gasteiger partial charge in [0.15, 0.2) is 34.5 Å². The zero-order chi connectivity index (χ0) is 73.3. The van der Waals surface area contributed by atoms with Gasteiger partial charge in [0.1, 0.15) is 29.2 Å². The van der Waals surface area contributed by atoms with E-state index in [4.69, 9.17) is 44.4 Å². The second-order valence-electron chi connectivity index (χ2n) is 20.3. The second-order valence-corrected chi connectivity index (χ2v) is 25.8. The fraction of sp³-hybridized carbons (Fsp3) is 0.185. The number of aromatic nitrogens is 2. The number of hydrazone groups is 1. The lowest BCUT2D eigenvalue weighted by atomic mass is 10.1. The molecule has 0 radical (unpaired) electrons. The number of nitrogens with two attached hydrogens (primary N) is 1. The van der Waals surface area contributed by atoms with Crippen molar-refractivity contribution in [2.24, 2.45) is 10.9 Å². The molecule has 0 saturated carbocycles. The number of rotatable bonds is 19. The van der Waals surface area contributed by atoms with E-state index in [0.717, 1.165) is 43.6 Å². The number of amides is 2. The van der Waals surface area contributed by atoms with Gasteiger partial charge in [-0.05, 0) is 104 Å². The third-order valence-electron chi connectivity index (χ3n) is 12.7. The lowest BCUT2D eigenvalue weighted by molar-refractivity contribution is -0.404. The first-order valence-electron chi connectivity index (χ1n) is 28.6. The molecule has 0 bridgehead atoms. The summed E-state index contributed by atoms with van der Waals surface area (Å²) in [6, 6.07) is 52.4. The summed E-state index contributed by atoms with van der Waals surface area (Å²) in [5.41, 5.74) is 18.8. The minimum atomic E-state index is -5.19. The van der Waals surface area contributed by atoms with Crippen LogP contribution in [0.4, 0.5) is 36.6 Å². The molecular weight excluding hydrogens is 1400 g/mol. The van der Waals surface area contributed by atoms with Gasteiger partial charge in [0.25, 0.3) is 37.8 Å². The molecule has 10 aromatic rings. The normalized spacial score (nSPS) is 11.8.